The minimum Gasteiger partial charge on any atom is -0.486 e. The first-order valence-corrected chi connectivity index (χ1v) is 12.2. The second kappa shape index (κ2) is 11.7. The van der Waals surface area contributed by atoms with Crippen molar-refractivity contribution in [1.82, 2.24) is 20.0 Å². The summed E-state index contributed by atoms with van der Waals surface area (Å²) in [5.41, 5.74) is 4.74. The first kappa shape index (κ1) is 25.2. The fourth-order valence-electron chi connectivity index (χ4n) is 4.15. The van der Waals surface area contributed by atoms with Gasteiger partial charge in [0, 0.05) is 29.6 Å². The van der Waals surface area contributed by atoms with Gasteiger partial charge in [-0.05, 0) is 38.1 Å². The Morgan fingerprint density at radius 1 is 1.00 bits per heavy atom. The summed E-state index contributed by atoms with van der Waals surface area (Å²) in [6, 6.07) is 15.5. The zero-order valence-corrected chi connectivity index (χ0v) is 21.0. The third-order valence-corrected chi connectivity index (χ3v) is 6.18. The van der Waals surface area contributed by atoms with Crippen LogP contribution in [0.4, 0.5) is 5.69 Å². The quantitative estimate of drug-likeness (QED) is 0.453. The molecule has 9 nitrogen and oxygen atoms in total. The Hall–Kier alpha value is -3.85. The van der Waals surface area contributed by atoms with Gasteiger partial charge in [-0.2, -0.15) is 5.10 Å². The summed E-state index contributed by atoms with van der Waals surface area (Å²) in [6.07, 6.45) is 0. The van der Waals surface area contributed by atoms with Crippen molar-refractivity contribution in [2.45, 2.75) is 33.9 Å². The number of carbonyl (C=O) groups excluding carboxylic acids is 2. The number of rotatable bonds is 10. The summed E-state index contributed by atoms with van der Waals surface area (Å²) in [5, 5.41) is 10.5. The predicted octanol–water partition coefficient (Wildman–Crippen LogP) is 2.90. The topological polar surface area (TPSA) is 97.7 Å². The zero-order chi connectivity index (χ0) is 25.5. The van der Waals surface area contributed by atoms with E-state index in [0.717, 1.165) is 17.0 Å². The van der Waals surface area contributed by atoms with Crippen LogP contribution < -0.4 is 20.1 Å². The van der Waals surface area contributed by atoms with Gasteiger partial charge in [-0.1, -0.05) is 37.3 Å². The molecule has 0 aliphatic carbocycles. The van der Waals surface area contributed by atoms with E-state index in [2.05, 4.69) is 27.9 Å². The lowest BCUT2D eigenvalue weighted by atomic mass is 10.2. The molecule has 9 heteroatoms. The Morgan fingerprint density at radius 2 is 1.72 bits per heavy atom. The van der Waals surface area contributed by atoms with E-state index in [9.17, 15) is 9.59 Å². The number of nitrogens with one attached hydrogen (secondary N) is 2. The SMILES string of the molecule is CCN(CC(=O)NCc1c(C)nn(Cc2ccccc2)c1C)CC(=O)Nc1ccc2c(c1)OCCO2. The molecule has 0 radical (unpaired) electrons. The van der Waals surface area contributed by atoms with Gasteiger partial charge in [0.25, 0.3) is 0 Å². The number of amides is 2. The summed E-state index contributed by atoms with van der Waals surface area (Å²) in [4.78, 5) is 27.0. The molecule has 0 bridgehead atoms. The van der Waals surface area contributed by atoms with Gasteiger partial charge in [0.15, 0.2) is 11.5 Å². The maximum Gasteiger partial charge on any atom is 0.238 e. The third kappa shape index (κ3) is 6.42. The summed E-state index contributed by atoms with van der Waals surface area (Å²) in [5.74, 6) is 0.944. The van der Waals surface area contributed by atoms with Gasteiger partial charge in [0.2, 0.25) is 11.8 Å². The Kier molecular flexibility index (Phi) is 8.22. The molecule has 0 unspecified atom stereocenters. The monoisotopic (exact) mass is 491 g/mol. The highest BCUT2D eigenvalue weighted by atomic mass is 16.6. The van der Waals surface area contributed by atoms with Crippen LogP contribution in [0.3, 0.4) is 0 Å². The molecule has 0 saturated heterocycles. The van der Waals surface area contributed by atoms with Gasteiger partial charge in [-0.3, -0.25) is 19.2 Å². The Labute approximate surface area is 211 Å². The molecule has 1 aliphatic rings. The van der Waals surface area contributed by atoms with E-state index in [0.29, 0.717) is 50.0 Å². The standard InChI is InChI=1S/C27H33N5O4/c1-4-31(18-27(34)29-22-10-11-24-25(14-22)36-13-12-35-24)17-26(33)28-15-23-19(2)30-32(20(23)3)16-21-8-6-5-7-9-21/h5-11,14H,4,12-13,15-18H2,1-3H3,(H,28,33)(H,29,34). The maximum atomic E-state index is 12.7. The van der Waals surface area contributed by atoms with Crippen LogP contribution in [0.2, 0.25) is 0 Å². The summed E-state index contributed by atoms with van der Waals surface area (Å²) in [7, 11) is 0. The van der Waals surface area contributed by atoms with E-state index < -0.39 is 0 Å². The molecule has 0 saturated carbocycles. The molecule has 0 spiro atoms. The maximum absolute atomic E-state index is 12.7. The van der Waals surface area contributed by atoms with Crippen LogP contribution in [-0.4, -0.2) is 59.3 Å². The molecular weight excluding hydrogens is 458 g/mol. The van der Waals surface area contributed by atoms with E-state index in [1.54, 1.807) is 23.1 Å². The lowest BCUT2D eigenvalue weighted by Gasteiger charge is -2.21. The number of anilines is 1. The van der Waals surface area contributed by atoms with Crippen LogP contribution in [0.5, 0.6) is 11.5 Å². The molecule has 1 aliphatic heterocycles. The molecule has 2 amide bonds. The highest BCUT2D eigenvalue weighted by Gasteiger charge is 2.17. The summed E-state index contributed by atoms with van der Waals surface area (Å²) >= 11 is 0. The largest absolute Gasteiger partial charge is 0.486 e. The smallest absolute Gasteiger partial charge is 0.238 e. The van der Waals surface area contributed by atoms with Crippen LogP contribution in [0.1, 0.15) is 29.4 Å². The van der Waals surface area contributed by atoms with Crippen LogP contribution in [0.25, 0.3) is 0 Å². The Bertz CT molecular complexity index is 1210. The van der Waals surface area contributed by atoms with Crippen molar-refractivity contribution >= 4 is 17.5 Å². The average molecular weight is 492 g/mol. The van der Waals surface area contributed by atoms with E-state index in [1.807, 2.05) is 43.7 Å². The first-order chi connectivity index (χ1) is 17.4. The average Bonchev–Trinajstić information content (AvgIpc) is 3.14. The Balaban J connectivity index is 1.27. The highest BCUT2D eigenvalue weighted by Crippen LogP contribution is 2.32. The fourth-order valence-corrected chi connectivity index (χ4v) is 4.15. The molecule has 1 aromatic heterocycles. The van der Waals surface area contributed by atoms with Crippen molar-refractivity contribution < 1.29 is 19.1 Å². The number of nitrogens with zero attached hydrogens (tertiary/aromatic N) is 3. The van der Waals surface area contributed by atoms with Crippen molar-refractivity contribution in [3.05, 3.63) is 71.0 Å². The second-order valence-electron chi connectivity index (χ2n) is 8.78. The lowest BCUT2D eigenvalue weighted by Crippen LogP contribution is -2.41. The van der Waals surface area contributed by atoms with Crippen LogP contribution in [-0.2, 0) is 22.7 Å². The van der Waals surface area contributed by atoms with Crippen LogP contribution in [0.15, 0.2) is 48.5 Å². The van der Waals surface area contributed by atoms with E-state index >= 15 is 0 Å². The number of likely N-dealkylation sites (N-methyl/N-ethyl adjacent to an activating group) is 1. The zero-order valence-electron chi connectivity index (χ0n) is 21.0. The summed E-state index contributed by atoms with van der Waals surface area (Å²) in [6.45, 7) is 8.77. The van der Waals surface area contributed by atoms with Crippen LogP contribution in [0, 0.1) is 13.8 Å². The molecule has 2 N–H and O–H groups in total. The molecule has 3 aromatic rings. The number of aryl methyl sites for hydroxylation is 1. The fraction of sp³-hybridized carbons (Fsp3) is 0.370. The molecular formula is C27H33N5O4. The van der Waals surface area contributed by atoms with Gasteiger partial charge >= 0.3 is 0 Å². The molecule has 190 valence electrons. The molecule has 36 heavy (non-hydrogen) atoms. The minimum absolute atomic E-state index is 0.103. The van der Waals surface area contributed by atoms with Crippen LogP contribution >= 0.6 is 0 Å². The van der Waals surface area contributed by atoms with Gasteiger partial charge < -0.3 is 20.1 Å². The number of ether oxygens (including phenoxy) is 2. The molecule has 2 aromatic carbocycles. The van der Waals surface area contributed by atoms with Gasteiger partial charge in [-0.25, -0.2) is 0 Å². The predicted molar refractivity (Wildman–Crippen MR) is 137 cm³/mol. The number of hydrogen-bond acceptors (Lipinski definition) is 6. The Morgan fingerprint density at radius 3 is 2.47 bits per heavy atom. The minimum atomic E-state index is -0.199. The van der Waals surface area contributed by atoms with Crippen molar-refractivity contribution in [1.29, 1.82) is 0 Å². The van der Waals surface area contributed by atoms with Gasteiger partial charge in [0.05, 0.1) is 25.3 Å². The normalized spacial score (nSPS) is 12.4. The highest BCUT2D eigenvalue weighted by molar-refractivity contribution is 5.93. The molecule has 2 heterocycles. The number of benzene rings is 2. The van der Waals surface area contributed by atoms with E-state index in [4.69, 9.17) is 9.47 Å². The number of carbonyl (C=O) groups is 2. The number of fused-ring (bicyclic) bond motifs is 1. The molecule has 0 atom stereocenters. The lowest BCUT2D eigenvalue weighted by molar-refractivity contribution is -0.123. The van der Waals surface area contributed by atoms with Crippen molar-refractivity contribution in [2.24, 2.45) is 0 Å². The third-order valence-electron chi connectivity index (χ3n) is 6.18. The molecule has 0 fully saturated rings. The van der Waals surface area contributed by atoms with E-state index in [1.165, 1.54) is 5.56 Å². The van der Waals surface area contributed by atoms with Crippen molar-refractivity contribution in [2.75, 3.05) is 38.2 Å². The number of aromatic nitrogens is 2. The number of hydrogen-bond donors (Lipinski definition) is 2. The second-order valence-corrected chi connectivity index (χ2v) is 8.78. The van der Waals surface area contributed by atoms with Crippen molar-refractivity contribution in [3.8, 4) is 11.5 Å². The summed E-state index contributed by atoms with van der Waals surface area (Å²) < 4.78 is 13.0. The van der Waals surface area contributed by atoms with E-state index in [-0.39, 0.29) is 24.9 Å². The van der Waals surface area contributed by atoms with Crippen molar-refractivity contribution in [3.63, 3.8) is 0 Å². The van der Waals surface area contributed by atoms with Gasteiger partial charge in [-0.15, -0.1) is 0 Å². The van der Waals surface area contributed by atoms with Gasteiger partial charge in [0.1, 0.15) is 13.2 Å². The molecule has 4 rings (SSSR count). The first-order valence-electron chi connectivity index (χ1n) is 12.2.